The van der Waals surface area contributed by atoms with Crippen molar-refractivity contribution in [2.75, 3.05) is 45.7 Å². The lowest BCUT2D eigenvalue weighted by molar-refractivity contribution is -0.132. The minimum absolute atomic E-state index is 0.0506. The number of halogens is 2. The molecule has 1 aromatic rings. The lowest BCUT2D eigenvalue weighted by Gasteiger charge is -2.17. The summed E-state index contributed by atoms with van der Waals surface area (Å²) in [6, 6.07) is 4.78. The van der Waals surface area contributed by atoms with Crippen LogP contribution in [0.4, 0.5) is 5.69 Å². The zero-order valence-electron chi connectivity index (χ0n) is 12.5. The third-order valence-electron chi connectivity index (χ3n) is 2.77. The summed E-state index contributed by atoms with van der Waals surface area (Å²) in [6.07, 6.45) is 0. The van der Waals surface area contributed by atoms with E-state index >= 15 is 0 Å². The molecule has 0 radical (unpaired) electrons. The second kappa shape index (κ2) is 9.63. The Balaban J connectivity index is 2.39. The summed E-state index contributed by atoms with van der Waals surface area (Å²) < 4.78 is 4.86. The smallest absolute Gasteiger partial charge is 0.243 e. The number of benzene rings is 1. The maximum absolute atomic E-state index is 11.9. The van der Waals surface area contributed by atoms with Crippen molar-refractivity contribution in [2.24, 2.45) is 0 Å². The maximum atomic E-state index is 11.9. The van der Waals surface area contributed by atoms with E-state index in [9.17, 15) is 9.59 Å². The molecule has 0 bridgehead atoms. The van der Waals surface area contributed by atoms with Gasteiger partial charge in [0.25, 0.3) is 0 Å². The summed E-state index contributed by atoms with van der Waals surface area (Å²) in [7, 11) is 3.15. The molecule has 1 aromatic carbocycles. The zero-order valence-corrected chi connectivity index (χ0v) is 14.0. The monoisotopic (exact) mass is 347 g/mol. The number of ether oxygens (including phenoxy) is 1. The lowest BCUT2D eigenvalue weighted by Crippen LogP contribution is -2.40. The third-order valence-corrected chi connectivity index (χ3v) is 3.51. The van der Waals surface area contributed by atoms with Gasteiger partial charge in [-0.15, -0.1) is 0 Å². The van der Waals surface area contributed by atoms with E-state index in [1.165, 1.54) is 4.90 Å². The van der Waals surface area contributed by atoms with Gasteiger partial charge in [-0.2, -0.15) is 0 Å². The van der Waals surface area contributed by atoms with Crippen LogP contribution in [-0.4, -0.2) is 57.1 Å². The Morgan fingerprint density at radius 2 is 2.00 bits per heavy atom. The minimum atomic E-state index is -0.314. The SMILES string of the molecule is COCCNCC(=O)N(C)CC(=O)Nc1ccc(Cl)c(Cl)c1. The van der Waals surface area contributed by atoms with Crippen molar-refractivity contribution in [3.05, 3.63) is 28.2 Å². The largest absolute Gasteiger partial charge is 0.383 e. The highest BCUT2D eigenvalue weighted by atomic mass is 35.5. The van der Waals surface area contributed by atoms with Crippen LogP contribution >= 0.6 is 23.2 Å². The van der Waals surface area contributed by atoms with Crippen molar-refractivity contribution in [1.82, 2.24) is 10.2 Å². The number of rotatable bonds is 8. The van der Waals surface area contributed by atoms with Gasteiger partial charge in [0.15, 0.2) is 0 Å². The van der Waals surface area contributed by atoms with Gasteiger partial charge in [-0.1, -0.05) is 23.2 Å². The van der Waals surface area contributed by atoms with E-state index in [2.05, 4.69) is 10.6 Å². The van der Waals surface area contributed by atoms with E-state index in [-0.39, 0.29) is 24.9 Å². The van der Waals surface area contributed by atoms with E-state index in [0.29, 0.717) is 28.9 Å². The second-order valence-electron chi connectivity index (χ2n) is 4.60. The average molecular weight is 348 g/mol. The number of methoxy groups -OCH3 is 1. The Bertz CT molecular complexity index is 526. The molecule has 0 saturated heterocycles. The van der Waals surface area contributed by atoms with Crippen LogP contribution < -0.4 is 10.6 Å². The standard InChI is InChI=1S/C14H19Cl2N3O3/c1-19(14(21)8-17-5-6-22-2)9-13(20)18-10-3-4-11(15)12(16)7-10/h3-4,7,17H,5-6,8-9H2,1-2H3,(H,18,20). The van der Waals surface area contributed by atoms with Crippen LogP contribution in [0.5, 0.6) is 0 Å². The number of likely N-dealkylation sites (N-methyl/N-ethyl adjacent to an activating group) is 1. The molecule has 0 aliphatic heterocycles. The van der Waals surface area contributed by atoms with Gasteiger partial charge in [-0.25, -0.2) is 0 Å². The summed E-state index contributed by atoms with van der Waals surface area (Å²) in [4.78, 5) is 25.0. The molecule has 0 aromatic heterocycles. The number of hydrogen-bond donors (Lipinski definition) is 2. The molecule has 0 heterocycles. The Labute approximate surface area is 139 Å². The highest BCUT2D eigenvalue weighted by Crippen LogP contribution is 2.24. The van der Waals surface area contributed by atoms with E-state index in [4.69, 9.17) is 27.9 Å². The Morgan fingerprint density at radius 1 is 1.27 bits per heavy atom. The van der Waals surface area contributed by atoms with Crippen molar-refractivity contribution in [2.45, 2.75) is 0 Å². The number of carbonyl (C=O) groups is 2. The van der Waals surface area contributed by atoms with Gasteiger partial charge in [0.2, 0.25) is 11.8 Å². The van der Waals surface area contributed by atoms with Crippen LogP contribution in [-0.2, 0) is 14.3 Å². The lowest BCUT2D eigenvalue weighted by atomic mass is 10.3. The predicted octanol–water partition coefficient (Wildman–Crippen LogP) is 1.63. The van der Waals surface area contributed by atoms with Crippen molar-refractivity contribution < 1.29 is 14.3 Å². The van der Waals surface area contributed by atoms with Crippen molar-refractivity contribution in [3.63, 3.8) is 0 Å². The second-order valence-corrected chi connectivity index (χ2v) is 5.41. The molecular formula is C14H19Cl2N3O3. The molecule has 2 amide bonds. The molecule has 8 heteroatoms. The Kier molecular flexibility index (Phi) is 8.19. The normalized spacial score (nSPS) is 10.4. The topological polar surface area (TPSA) is 70.7 Å². The first kappa shape index (κ1) is 18.7. The molecule has 0 fully saturated rings. The molecule has 0 atom stereocenters. The minimum Gasteiger partial charge on any atom is -0.383 e. The molecule has 122 valence electrons. The van der Waals surface area contributed by atoms with Crippen LogP contribution in [0.3, 0.4) is 0 Å². The number of nitrogens with one attached hydrogen (secondary N) is 2. The molecule has 0 aliphatic carbocycles. The fourth-order valence-electron chi connectivity index (χ4n) is 1.58. The van der Waals surface area contributed by atoms with Gasteiger partial charge in [0.1, 0.15) is 0 Å². The van der Waals surface area contributed by atoms with Gasteiger partial charge in [-0.3, -0.25) is 9.59 Å². The fourth-order valence-corrected chi connectivity index (χ4v) is 1.88. The molecule has 0 unspecified atom stereocenters. The van der Waals surface area contributed by atoms with E-state index in [1.807, 2.05) is 0 Å². The Morgan fingerprint density at radius 3 is 2.64 bits per heavy atom. The highest BCUT2D eigenvalue weighted by molar-refractivity contribution is 6.42. The van der Waals surface area contributed by atoms with Crippen molar-refractivity contribution in [1.29, 1.82) is 0 Å². The maximum Gasteiger partial charge on any atom is 0.243 e. The average Bonchev–Trinajstić information content (AvgIpc) is 2.47. The van der Waals surface area contributed by atoms with Crippen LogP contribution in [0.15, 0.2) is 18.2 Å². The number of anilines is 1. The first-order chi connectivity index (χ1) is 10.4. The fraction of sp³-hybridized carbons (Fsp3) is 0.429. The quantitative estimate of drug-likeness (QED) is 0.701. The molecule has 0 aliphatic rings. The van der Waals surface area contributed by atoms with Gasteiger partial charge < -0.3 is 20.3 Å². The van der Waals surface area contributed by atoms with Crippen LogP contribution in [0.1, 0.15) is 0 Å². The number of carbonyl (C=O) groups excluding carboxylic acids is 2. The van der Waals surface area contributed by atoms with Crippen LogP contribution in [0, 0.1) is 0 Å². The van der Waals surface area contributed by atoms with E-state index in [0.717, 1.165) is 0 Å². The van der Waals surface area contributed by atoms with Gasteiger partial charge >= 0.3 is 0 Å². The molecule has 6 nitrogen and oxygen atoms in total. The summed E-state index contributed by atoms with van der Waals surface area (Å²) in [5.41, 5.74) is 0.526. The summed E-state index contributed by atoms with van der Waals surface area (Å²) in [5.74, 6) is -0.494. The predicted molar refractivity (Wildman–Crippen MR) is 87.5 cm³/mol. The molecule has 22 heavy (non-hydrogen) atoms. The van der Waals surface area contributed by atoms with Crippen molar-refractivity contribution >= 4 is 40.7 Å². The van der Waals surface area contributed by atoms with Crippen LogP contribution in [0.2, 0.25) is 10.0 Å². The number of nitrogens with zero attached hydrogens (tertiary/aromatic N) is 1. The number of amides is 2. The summed E-state index contributed by atoms with van der Waals surface area (Å²) in [6.45, 7) is 1.20. The van der Waals surface area contributed by atoms with Gasteiger partial charge in [0, 0.05) is 26.4 Å². The van der Waals surface area contributed by atoms with Gasteiger partial charge in [0.05, 0.1) is 29.7 Å². The summed E-state index contributed by atoms with van der Waals surface area (Å²) in [5, 5.41) is 6.34. The molecule has 0 saturated carbocycles. The molecule has 0 spiro atoms. The van der Waals surface area contributed by atoms with Gasteiger partial charge in [-0.05, 0) is 18.2 Å². The molecule has 2 N–H and O–H groups in total. The summed E-state index contributed by atoms with van der Waals surface area (Å²) >= 11 is 11.7. The molecular weight excluding hydrogens is 329 g/mol. The first-order valence-electron chi connectivity index (χ1n) is 6.62. The highest BCUT2D eigenvalue weighted by Gasteiger charge is 2.13. The molecule has 1 rings (SSSR count). The zero-order chi connectivity index (χ0) is 16.5. The van der Waals surface area contributed by atoms with E-state index in [1.54, 1.807) is 32.4 Å². The third kappa shape index (κ3) is 6.62. The Hall–Kier alpha value is -1.34. The van der Waals surface area contributed by atoms with Crippen molar-refractivity contribution in [3.8, 4) is 0 Å². The number of hydrogen-bond acceptors (Lipinski definition) is 4. The first-order valence-corrected chi connectivity index (χ1v) is 7.38. The van der Waals surface area contributed by atoms with E-state index < -0.39 is 0 Å². The van der Waals surface area contributed by atoms with Crippen LogP contribution in [0.25, 0.3) is 0 Å².